The van der Waals surface area contributed by atoms with Crippen LogP contribution in [0.4, 0.5) is 0 Å². The molecule has 0 spiro atoms. The van der Waals surface area contributed by atoms with Crippen molar-refractivity contribution < 1.29 is 0 Å². The first-order chi connectivity index (χ1) is 12.7. The van der Waals surface area contributed by atoms with E-state index in [1.165, 1.54) is 22.3 Å². The number of pyridine rings is 2. The fourth-order valence-corrected chi connectivity index (χ4v) is 3.08. The second-order valence-electron chi connectivity index (χ2n) is 6.87. The Kier molecular flexibility index (Phi) is 6.47. The molecule has 0 atom stereocenters. The highest BCUT2D eigenvalue weighted by atomic mass is 15.1. The predicted molar refractivity (Wildman–Crippen MR) is 105 cm³/mol. The average molecular weight is 346 g/mol. The van der Waals surface area contributed by atoms with Crippen LogP contribution in [-0.2, 0) is 26.2 Å². The van der Waals surface area contributed by atoms with E-state index in [1.54, 1.807) is 0 Å². The number of aromatic nitrogens is 2. The van der Waals surface area contributed by atoms with Crippen LogP contribution < -0.4 is 0 Å². The van der Waals surface area contributed by atoms with Crippen molar-refractivity contribution in [2.24, 2.45) is 0 Å². The largest absolute Gasteiger partial charge is 0.298 e. The van der Waals surface area contributed by atoms with Crippen LogP contribution in [0.2, 0.25) is 0 Å². The highest BCUT2D eigenvalue weighted by molar-refractivity contribution is 5.23. The van der Waals surface area contributed by atoms with E-state index in [-0.39, 0.29) is 0 Å². The van der Waals surface area contributed by atoms with E-state index < -0.39 is 0 Å². The van der Waals surface area contributed by atoms with Crippen LogP contribution in [0.5, 0.6) is 0 Å². The fraction of sp³-hybridized carbons (Fsp3) is 0.273. The Morgan fingerprint density at radius 3 is 1.08 bits per heavy atom. The summed E-state index contributed by atoms with van der Waals surface area (Å²) >= 11 is 0. The van der Waals surface area contributed by atoms with Crippen LogP contribution in [0.25, 0.3) is 0 Å². The van der Waals surface area contributed by atoms with Gasteiger partial charge in [0.15, 0.2) is 0 Å². The Morgan fingerprint density at radius 1 is 0.500 bits per heavy atom. The van der Waals surface area contributed by atoms with Crippen LogP contribution in [0, 0.1) is 0 Å². The van der Waals surface area contributed by atoms with E-state index in [4.69, 9.17) is 0 Å². The minimum absolute atomic E-state index is 0.930. The lowest BCUT2D eigenvalue weighted by molar-refractivity contribution is 0.316. The smallest absolute Gasteiger partial charge is 0.0271 e. The third-order valence-electron chi connectivity index (χ3n) is 4.33. The van der Waals surface area contributed by atoms with Gasteiger partial charge in [-0.1, -0.05) is 24.3 Å². The molecular formula is C22H26N4. The normalized spacial score (nSPS) is 11.2. The van der Waals surface area contributed by atoms with Crippen LogP contribution in [0.1, 0.15) is 22.3 Å². The molecule has 0 N–H and O–H groups in total. The highest BCUT2D eigenvalue weighted by Gasteiger charge is 2.04. The van der Waals surface area contributed by atoms with Gasteiger partial charge in [-0.05, 0) is 60.6 Å². The molecule has 3 rings (SSSR count). The minimum Gasteiger partial charge on any atom is -0.298 e. The Morgan fingerprint density at radius 2 is 0.769 bits per heavy atom. The molecular weight excluding hydrogens is 320 g/mol. The molecule has 2 aromatic heterocycles. The maximum atomic E-state index is 4.07. The molecule has 0 unspecified atom stereocenters. The number of rotatable bonds is 8. The van der Waals surface area contributed by atoms with Crippen molar-refractivity contribution in [1.29, 1.82) is 0 Å². The molecule has 0 saturated heterocycles. The monoisotopic (exact) mass is 346 g/mol. The van der Waals surface area contributed by atoms with E-state index in [0.29, 0.717) is 0 Å². The van der Waals surface area contributed by atoms with Crippen molar-refractivity contribution in [3.05, 3.63) is 95.6 Å². The second-order valence-corrected chi connectivity index (χ2v) is 6.87. The summed E-state index contributed by atoms with van der Waals surface area (Å²) in [5.41, 5.74) is 5.25. The maximum absolute atomic E-state index is 4.07. The van der Waals surface area contributed by atoms with Gasteiger partial charge in [-0.3, -0.25) is 19.8 Å². The zero-order valence-electron chi connectivity index (χ0n) is 15.5. The summed E-state index contributed by atoms with van der Waals surface area (Å²) in [4.78, 5) is 12.8. The van der Waals surface area contributed by atoms with Gasteiger partial charge in [-0.2, -0.15) is 0 Å². The topological polar surface area (TPSA) is 32.3 Å². The first kappa shape index (κ1) is 18.2. The maximum Gasteiger partial charge on any atom is 0.0271 e. The molecule has 26 heavy (non-hydrogen) atoms. The minimum atomic E-state index is 0.930. The second kappa shape index (κ2) is 9.22. The van der Waals surface area contributed by atoms with E-state index in [9.17, 15) is 0 Å². The zero-order chi connectivity index (χ0) is 18.2. The first-order valence-electron chi connectivity index (χ1n) is 8.92. The summed E-state index contributed by atoms with van der Waals surface area (Å²) in [6.07, 6.45) is 7.39. The molecule has 0 radical (unpaired) electrons. The van der Waals surface area contributed by atoms with Crippen LogP contribution in [0.15, 0.2) is 73.3 Å². The summed E-state index contributed by atoms with van der Waals surface area (Å²) in [7, 11) is 4.30. The van der Waals surface area contributed by atoms with E-state index in [1.807, 2.05) is 24.8 Å². The van der Waals surface area contributed by atoms with Gasteiger partial charge >= 0.3 is 0 Å². The van der Waals surface area contributed by atoms with Crippen LogP contribution >= 0.6 is 0 Å². The summed E-state index contributed by atoms with van der Waals surface area (Å²) in [5.74, 6) is 0. The van der Waals surface area contributed by atoms with E-state index >= 15 is 0 Å². The lowest BCUT2D eigenvalue weighted by Gasteiger charge is -2.18. The van der Waals surface area contributed by atoms with Gasteiger partial charge < -0.3 is 0 Å². The van der Waals surface area contributed by atoms with Crippen molar-refractivity contribution in [2.45, 2.75) is 26.2 Å². The molecule has 1 aromatic carbocycles. The van der Waals surface area contributed by atoms with Gasteiger partial charge in [0.1, 0.15) is 0 Å². The van der Waals surface area contributed by atoms with Gasteiger partial charge in [0.2, 0.25) is 0 Å². The lowest BCUT2D eigenvalue weighted by atomic mass is 10.1. The van der Waals surface area contributed by atoms with Crippen molar-refractivity contribution >= 4 is 0 Å². The Hall–Kier alpha value is -2.56. The number of hydrogen-bond acceptors (Lipinski definition) is 4. The first-order valence-corrected chi connectivity index (χ1v) is 8.92. The molecule has 0 bridgehead atoms. The standard InChI is InChI=1S/C22H26N4/c1-25(17-21-7-11-23-12-8-21)15-19-3-5-20(6-4-19)16-26(2)18-22-9-13-24-14-10-22/h3-14H,15-18H2,1-2H3. The lowest BCUT2D eigenvalue weighted by Crippen LogP contribution is -2.18. The van der Waals surface area contributed by atoms with E-state index in [2.05, 4.69) is 82.4 Å². The molecule has 0 aliphatic carbocycles. The van der Waals surface area contributed by atoms with Gasteiger partial charge in [-0.25, -0.2) is 0 Å². The van der Waals surface area contributed by atoms with Gasteiger partial charge in [0.25, 0.3) is 0 Å². The number of benzene rings is 1. The molecule has 0 amide bonds. The Bertz CT molecular complexity index is 704. The predicted octanol–water partition coefficient (Wildman–Crippen LogP) is 3.74. The van der Waals surface area contributed by atoms with Gasteiger partial charge in [0, 0.05) is 51.0 Å². The molecule has 134 valence electrons. The molecule has 0 saturated carbocycles. The molecule has 0 fully saturated rings. The molecule has 3 aromatic rings. The molecule has 2 heterocycles. The summed E-state index contributed by atoms with van der Waals surface area (Å²) in [6.45, 7) is 3.74. The Balaban J connectivity index is 1.50. The quantitative estimate of drug-likeness (QED) is 0.622. The number of hydrogen-bond donors (Lipinski definition) is 0. The molecule has 4 heteroatoms. The van der Waals surface area contributed by atoms with Gasteiger partial charge in [0.05, 0.1) is 0 Å². The van der Waals surface area contributed by atoms with Crippen molar-refractivity contribution in [1.82, 2.24) is 19.8 Å². The van der Waals surface area contributed by atoms with Crippen molar-refractivity contribution in [2.75, 3.05) is 14.1 Å². The SMILES string of the molecule is CN(Cc1ccncc1)Cc1ccc(CN(C)Cc2ccncc2)cc1. The highest BCUT2D eigenvalue weighted by Crippen LogP contribution is 2.12. The number of nitrogens with zero attached hydrogens (tertiary/aromatic N) is 4. The summed E-state index contributed by atoms with van der Waals surface area (Å²) < 4.78 is 0. The molecule has 0 aliphatic heterocycles. The molecule has 0 aliphatic rings. The zero-order valence-corrected chi connectivity index (χ0v) is 15.5. The van der Waals surface area contributed by atoms with E-state index in [0.717, 1.165) is 26.2 Å². The fourth-order valence-electron chi connectivity index (χ4n) is 3.08. The van der Waals surface area contributed by atoms with Crippen molar-refractivity contribution in [3.63, 3.8) is 0 Å². The summed E-state index contributed by atoms with van der Waals surface area (Å²) in [6, 6.07) is 17.2. The van der Waals surface area contributed by atoms with Crippen LogP contribution in [0.3, 0.4) is 0 Å². The Labute approximate surface area is 156 Å². The third kappa shape index (κ3) is 5.76. The third-order valence-corrected chi connectivity index (χ3v) is 4.33. The van der Waals surface area contributed by atoms with Gasteiger partial charge in [-0.15, -0.1) is 0 Å². The van der Waals surface area contributed by atoms with Crippen LogP contribution in [-0.4, -0.2) is 33.9 Å². The summed E-state index contributed by atoms with van der Waals surface area (Å²) in [5, 5.41) is 0. The molecule has 4 nitrogen and oxygen atoms in total. The average Bonchev–Trinajstić information content (AvgIpc) is 2.65. The van der Waals surface area contributed by atoms with Crippen molar-refractivity contribution in [3.8, 4) is 0 Å².